The van der Waals surface area contributed by atoms with Crippen molar-refractivity contribution < 1.29 is 4.79 Å². The summed E-state index contributed by atoms with van der Waals surface area (Å²) in [7, 11) is 2.17. The maximum absolute atomic E-state index is 12.1. The van der Waals surface area contributed by atoms with Crippen LogP contribution in [0.25, 0.3) is 0 Å². The molecule has 2 fully saturated rings. The molecule has 4 heteroatoms. The highest BCUT2D eigenvalue weighted by Gasteiger charge is 2.32. The molecule has 1 aliphatic heterocycles. The van der Waals surface area contributed by atoms with Gasteiger partial charge in [-0.1, -0.05) is 6.92 Å². The van der Waals surface area contributed by atoms with Crippen LogP contribution in [0.2, 0.25) is 0 Å². The van der Waals surface area contributed by atoms with E-state index in [0.717, 1.165) is 26.1 Å². The zero-order valence-corrected chi connectivity index (χ0v) is 12.0. The van der Waals surface area contributed by atoms with Crippen LogP contribution in [0.5, 0.6) is 0 Å². The van der Waals surface area contributed by atoms with Crippen molar-refractivity contribution in [1.82, 2.24) is 15.1 Å². The summed E-state index contributed by atoms with van der Waals surface area (Å²) in [6.07, 6.45) is 3.55. The number of hydrogen-bond acceptors (Lipinski definition) is 3. The van der Waals surface area contributed by atoms with Crippen LogP contribution in [-0.4, -0.2) is 61.0 Å². The Morgan fingerprint density at radius 3 is 2.67 bits per heavy atom. The summed E-state index contributed by atoms with van der Waals surface area (Å²) in [5.41, 5.74) is 0. The van der Waals surface area contributed by atoms with Gasteiger partial charge in [0.1, 0.15) is 0 Å². The van der Waals surface area contributed by atoms with Gasteiger partial charge in [-0.2, -0.15) is 0 Å². The normalized spacial score (nSPS) is 29.3. The lowest BCUT2D eigenvalue weighted by atomic mass is 9.94. The van der Waals surface area contributed by atoms with Crippen molar-refractivity contribution >= 4 is 5.91 Å². The second kappa shape index (κ2) is 6.02. The molecule has 104 valence electrons. The van der Waals surface area contributed by atoms with Crippen LogP contribution in [0.3, 0.4) is 0 Å². The van der Waals surface area contributed by atoms with Crippen molar-refractivity contribution in [2.45, 2.75) is 45.2 Å². The SMILES string of the molecule is CCN(C(=O)CNC1CCN(C)CC1C)C1CC1. The van der Waals surface area contributed by atoms with Crippen molar-refractivity contribution in [2.24, 2.45) is 5.92 Å². The van der Waals surface area contributed by atoms with Crippen molar-refractivity contribution in [3.05, 3.63) is 0 Å². The van der Waals surface area contributed by atoms with E-state index in [2.05, 4.69) is 31.1 Å². The van der Waals surface area contributed by atoms with Gasteiger partial charge in [-0.25, -0.2) is 0 Å². The summed E-state index contributed by atoms with van der Waals surface area (Å²) in [6.45, 7) is 7.99. The molecule has 0 bridgehead atoms. The van der Waals surface area contributed by atoms with Crippen LogP contribution in [0.15, 0.2) is 0 Å². The van der Waals surface area contributed by atoms with E-state index in [0.29, 0.717) is 24.5 Å². The highest BCUT2D eigenvalue weighted by molar-refractivity contribution is 5.78. The van der Waals surface area contributed by atoms with E-state index in [1.807, 2.05) is 4.90 Å². The second-order valence-corrected chi connectivity index (χ2v) is 5.93. The third kappa shape index (κ3) is 3.45. The second-order valence-electron chi connectivity index (χ2n) is 5.93. The molecule has 1 N–H and O–H groups in total. The van der Waals surface area contributed by atoms with Gasteiger partial charge in [-0.05, 0) is 45.7 Å². The molecule has 2 atom stereocenters. The van der Waals surface area contributed by atoms with Crippen molar-refractivity contribution in [3.8, 4) is 0 Å². The molecule has 0 aromatic rings. The van der Waals surface area contributed by atoms with Crippen LogP contribution in [0.1, 0.15) is 33.1 Å². The quantitative estimate of drug-likeness (QED) is 0.791. The zero-order chi connectivity index (χ0) is 13.1. The Morgan fingerprint density at radius 2 is 2.11 bits per heavy atom. The first-order valence-corrected chi connectivity index (χ1v) is 7.33. The molecular weight excluding hydrogens is 226 g/mol. The van der Waals surface area contributed by atoms with Gasteiger partial charge in [-0.15, -0.1) is 0 Å². The standard InChI is InChI=1S/C14H27N3O/c1-4-17(12-5-6-12)14(18)9-15-13-7-8-16(3)10-11(13)2/h11-13,15H,4-10H2,1-3H3. The molecule has 1 heterocycles. The summed E-state index contributed by atoms with van der Waals surface area (Å²) in [5.74, 6) is 0.915. The Bertz CT molecular complexity index is 291. The molecule has 2 rings (SSSR count). The van der Waals surface area contributed by atoms with Crippen molar-refractivity contribution in [2.75, 3.05) is 33.2 Å². The highest BCUT2D eigenvalue weighted by Crippen LogP contribution is 2.26. The Labute approximate surface area is 111 Å². The molecule has 0 radical (unpaired) electrons. The molecule has 2 unspecified atom stereocenters. The van der Waals surface area contributed by atoms with Crippen molar-refractivity contribution in [1.29, 1.82) is 0 Å². The summed E-state index contributed by atoms with van der Waals surface area (Å²) >= 11 is 0. The number of amides is 1. The molecule has 18 heavy (non-hydrogen) atoms. The molecular formula is C14H27N3O. The number of rotatable bonds is 5. The predicted molar refractivity (Wildman–Crippen MR) is 73.5 cm³/mol. The number of piperidine rings is 1. The number of nitrogens with zero attached hydrogens (tertiary/aromatic N) is 2. The summed E-state index contributed by atoms with van der Waals surface area (Å²) in [5, 5.41) is 3.47. The monoisotopic (exact) mass is 253 g/mol. The fourth-order valence-electron chi connectivity index (χ4n) is 3.00. The molecule has 1 aliphatic carbocycles. The molecule has 0 aromatic carbocycles. The van der Waals surface area contributed by atoms with Gasteiger partial charge < -0.3 is 15.1 Å². The maximum Gasteiger partial charge on any atom is 0.236 e. The number of carbonyl (C=O) groups excluding carboxylic acids is 1. The van der Waals surface area contributed by atoms with E-state index in [9.17, 15) is 4.79 Å². The number of likely N-dealkylation sites (tertiary alicyclic amines) is 1. The van der Waals surface area contributed by atoms with Gasteiger partial charge in [0, 0.05) is 25.2 Å². The molecule has 0 spiro atoms. The molecule has 2 aliphatic rings. The van der Waals surface area contributed by atoms with Gasteiger partial charge >= 0.3 is 0 Å². The number of carbonyl (C=O) groups is 1. The fraction of sp³-hybridized carbons (Fsp3) is 0.929. The number of hydrogen-bond donors (Lipinski definition) is 1. The average Bonchev–Trinajstić information content (AvgIpc) is 3.13. The average molecular weight is 253 g/mol. The maximum atomic E-state index is 12.1. The Morgan fingerprint density at radius 1 is 1.39 bits per heavy atom. The number of likely N-dealkylation sites (N-methyl/N-ethyl adjacent to an activating group) is 1. The first-order chi connectivity index (χ1) is 8.61. The highest BCUT2D eigenvalue weighted by atomic mass is 16.2. The summed E-state index contributed by atoms with van der Waals surface area (Å²) in [4.78, 5) is 16.5. The third-order valence-electron chi connectivity index (χ3n) is 4.27. The lowest BCUT2D eigenvalue weighted by Crippen LogP contribution is -2.50. The van der Waals surface area contributed by atoms with E-state index >= 15 is 0 Å². The Hall–Kier alpha value is -0.610. The van der Waals surface area contributed by atoms with E-state index in [-0.39, 0.29) is 5.91 Å². The zero-order valence-electron chi connectivity index (χ0n) is 12.0. The van der Waals surface area contributed by atoms with E-state index in [1.165, 1.54) is 12.8 Å². The van der Waals surface area contributed by atoms with Gasteiger partial charge in [-0.3, -0.25) is 4.79 Å². The van der Waals surface area contributed by atoms with Gasteiger partial charge in [0.05, 0.1) is 6.54 Å². The van der Waals surface area contributed by atoms with Crippen LogP contribution < -0.4 is 5.32 Å². The van der Waals surface area contributed by atoms with Gasteiger partial charge in [0.2, 0.25) is 5.91 Å². The smallest absolute Gasteiger partial charge is 0.236 e. The molecule has 4 nitrogen and oxygen atoms in total. The van der Waals surface area contributed by atoms with E-state index in [4.69, 9.17) is 0 Å². The van der Waals surface area contributed by atoms with Crippen molar-refractivity contribution in [3.63, 3.8) is 0 Å². The van der Waals surface area contributed by atoms with Crippen LogP contribution in [0, 0.1) is 5.92 Å². The summed E-state index contributed by atoms with van der Waals surface area (Å²) in [6, 6.07) is 1.04. The Kier molecular flexibility index (Phi) is 4.62. The lowest BCUT2D eigenvalue weighted by Gasteiger charge is -2.35. The van der Waals surface area contributed by atoms with Crippen LogP contribution in [-0.2, 0) is 4.79 Å². The fourth-order valence-corrected chi connectivity index (χ4v) is 3.00. The van der Waals surface area contributed by atoms with Gasteiger partial charge in [0.25, 0.3) is 0 Å². The first-order valence-electron chi connectivity index (χ1n) is 7.33. The van der Waals surface area contributed by atoms with Crippen LogP contribution >= 0.6 is 0 Å². The van der Waals surface area contributed by atoms with E-state index in [1.54, 1.807) is 0 Å². The molecule has 0 aromatic heterocycles. The minimum absolute atomic E-state index is 0.283. The number of nitrogens with one attached hydrogen (secondary N) is 1. The summed E-state index contributed by atoms with van der Waals surface area (Å²) < 4.78 is 0. The lowest BCUT2D eigenvalue weighted by molar-refractivity contribution is -0.130. The Balaban J connectivity index is 1.75. The largest absolute Gasteiger partial charge is 0.339 e. The van der Waals surface area contributed by atoms with E-state index < -0.39 is 0 Å². The minimum atomic E-state index is 0.283. The molecule has 1 saturated carbocycles. The molecule has 1 saturated heterocycles. The minimum Gasteiger partial charge on any atom is -0.339 e. The van der Waals surface area contributed by atoms with Gasteiger partial charge in [0.15, 0.2) is 0 Å². The predicted octanol–water partition coefficient (Wildman–Crippen LogP) is 0.927. The van der Waals surface area contributed by atoms with Crippen LogP contribution in [0.4, 0.5) is 0 Å². The first kappa shape index (κ1) is 13.8. The molecule has 1 amide bonds. The third-order valence-corrected chi connectivity index (χ3v) is 4.27. The topological polar surface area (TPSA) is 35.6 Å².